The van der Waals surface area contributed by atoms with Crippen molar-refractivity contribution in [2.75, 3.05) is 0 Å². The van der Waals surface area contributed by atoms with Gasteiger partial charge in [0.05, 0.1) is 0 Å². The number of allylic oxidation sites excluding steroid dienone is 1. The maximum atomic E-state index is 8.95. The molecule has 0 saturated carbocycles. The van der Waals surface area contributed by atoms with E-state index in [0.717, 1.165) is 17.3 Å². The molecule has 64 valence electrons. The molecule has 2 N–H and O–H groups in total. The SMILES string of the molecule is OC(O)C1CC(I)CC=C1Br. The van der Waals surface area contributed by atoms with Crippen LogP contribution in [-0.4, -0.2) is 20.4 Å². The molecule has 2 atom stereocenters. The summed E-state index contributed by atoms with van der Waals surface area (Å²) in [4.78, 5) is 0. The Morgan fingerprint density at radius 3 is 2.73 bits per heavy atom. The lowest BCUT2D eigenvalue weighted by atomic mass is 9.95. The van der Waals surface area contributed by atoms with Crippen molar-refractivity contribution >= 4 is 38.5 Å². The van der Waals surface area contributed by atoms with E-state index in [0.29, 0.717) is 3.92 Å². The Kier molecular flexibility index (Phi) is 3.80. The second kappa shape index (κ2) is 4.20. The Balaban J connectivity index is 2.64. The highest BCUT2D eigenvalue weighted by atomic mass is 127. The van der Waals surface area contributed by atoms with Crippen LogP contribution in [-0.2, 0) is 0 Å². The third kappa shape index (κ3) is 2.68. The maximum Gasteiger partial charge on any atom is 0.158 e. The zero-order valence-electron chi connectivity index (χ0n) is 5.87. The molecule has 1 rings (SSSR count). The predicted molar refractivity (Wildman–Crippen MR) is 55.8 cm³/mol. The van der Waals surface area contributed by atoms with E-state index in [2.05, 4.69) is 38.5 Å². The molecule has 0 aromatic heterocycles. The fourth-order valence-corrected chi connectivity index (χ4v) is 2.55. The summed E-state index contributed by atoms with van der Waals surface area (Å²) >= 11 is 5.65. The molecule has 1 aliphatic carbocycles. The van der Waals surface area contributed by atoms with Crippen molar-refractivity contribution in [2.24, 2.45) is 5.92 Å². The van der Waals surface area contributed by atoms with Crippen molar-refractivity contribution in [1.82, 2.24) is 0 Å². The molecule has 0 aromatic carbocycles. The molecule has 0 heterocycles. The Morgan fingerprint density at radius 2 is 2.27 bits per heavy atom. The van der Waals surface area contributed by atoms with Gasteiger partial charge in [-0.05, 0) is 17.3 Å². The van der Waals surface area contributed by atoms with Gasteiger partial charge in [0.2, 0.25) is 0 Å². The second-order valence-corrected chi connectivity index (χ2v) is 5.36. The van der Waals surface area contributed by atoms with E-state index < -0.39 is 6.29 Å². The highest BCUT2D eigenvalue weighted by molar-refractivity contribution is 14.1. The standard InChI is InChI=1S/C7H10BrIO2/c8-6-2-1-4(9)3-5(6)7(10)11/h2,4-5,7,10-11H,1,3H2. The summed E-state index contributed by atoms with van der Waals surface area (Å²) in [6.07, 6.45) is 2.66. The molecule has 2 unspecified atom stereocenters. The van der Waals surface area contributed by atoms with E-state index in [1.54, 1.807) is 0 Å². The molecule has 0 amide bonds. The van der Waals surface area contributed by atoms with Crippen molar-refractivity contribution in [3.8, 4) is 0 Å². The van der Waals surface area contributed by atoms with Gasteiger partial charge in [-0.25, -0.2) is 0 Å². The first-order valence-corrected chi connectivity index (χ1v) is 5.51. The average Bonchev–Trinajstić information content (AvgIpc) is 1.94. The summed E-state index contributed by atoms with van der Waals surface area (Å²) < 4.78 is 1.46. The lowest BCUT2D eigenvalue weighted by Gasteiger charge is -2.25. The Labute approximate surface area is 88.0 Å². The zero-order valence-corrected chi connectivity index (χ0v) is 9.62. The molecular weight excluding hydrogens is 323 g/mol. The number of halogens is 2. The van der Waals surface area contributed by atoms with Gasteiger partial charge < -0.3 is 10.2 Å². The minimum absolute atomic E-state index is 0.120. The smallest absolute Gasteiger partial charge is 0.158 e. The monoisotopic (exact) mass is 332 g/mol. The molecule has 4 heteroatoms. The lowest BCUT2D eigenvalue weighted by Crippen LogP contribution is -2.25. The third-order valence-electron chi connectivity index (χ3n) is 1.79. The van der Waals surface area contributed by atoms with Gasteiger partial charge in [0.15, 0.2) is 6.29 Å². The minimum Gasteiger partial charge on any atom is -0.368 e. The number of hydrogen-bond acceptors (Lipinski definition) is 2. The highest BCUT2D eigenvalue weighted by Crippen LogP contribution is 2.34. The second-order valence-electron chi connectivity index (χ2n) is 2.68. The Morgan fingerprint density at radius 1 is 1.64 bits per heavy atom. The van der Waals surface area contributed by atoms with Gasteiger partial charge in [-0.3, -0.25) is 0 Å². The van der Waals surface area contributed by atoms with Crippen LogP contribution in [0.25, 0.3) is 0 Å². The van der Waals surface area contributed by atoms with Crippen molar-refractivity contribution in [1.29, 1.82) is 0 Å². The van der Waals surface area contributed by atoms with Gasteiger partial charge in [-0.15, -0.1) is 0 Å². The molecule has 0 aromatic rings. The van der Waals surface area contributed by atoms with E-state index in [1.165, 1.54) is 0 Å². The van der Waals surface area contributed by atoms with Crippen LogP contribution in [0.4, 0.5) is 0 Å². The van der Waals surface area contributed by atoms with E-state index in [1.807, 2.05) is 6.08 Å². The topological polar surface area (TPSA) is 40.5 Å². The first kappa shape index (κ1) is 9.95. The van der Waals surface area contributed by atoms with Gasteiger partial charge >= 0.3 is 0 Å². The molecule has 1 aliphatic rings. The lowest BCUT2D eigenvalue weighted by molar-refractivity contribution is -0.0732. The summed E-state index contributed by atoms with van der Waals surface area (Å²) in [6.45, 7) is 0. The van der Waals surface area contributed by atoms with Gasteiger partial charge in [0, 0.05) is 9.84 Å². The van der Waals surface area contributed by atoms with Gasteiger partial charge in [-0.1, -0.05) is 44.6 Å². The number of alkyl halides is 1. The minimum atomic E-state index is -1.22. The van der Waals surface area contributed by atoms with Crippen LogP contribution in [0.3, 0.4) is 0 Å². The van der Waals surface area contributed by atoms with E-state index >= 15 is 0 Å². The highest BCUT2D eigenvalue weighted by Gasteiger charge is 2.26. The van der Waals surface area contributed by atoms with Crippen LogP contribution in [0.15, 0.2) is 10.6 Å². The largest absolute Gasteiger partial charge is 0.368 e. The van der Waals surface area contributed by atoms with E-state index in [-0.39, 0.29) is 5.92 Å². The average molecular weight is 333 g/mol. The van der Waals surface area contributed by atoms with Crippen LogP contribution < -0.4 is 0 Å². The molecule has 11 heavy (non-hydrogen) atoms. The van der Waals surface area contributed by atoms with Crippen LogP contribution in [0.1, 0.15) is 12.8 Å². The molecule has 0 fully saturated rings. The Bertz CT molecular complexity index is 170. The summed E-state index contributed by atoms with van der Waals surface area (Å²) in [7, 11) is 0. The van der Waals surface area contributed by atoms with E-state index in [4.69, 9.17) is 10.2 Å². The molecular formula is C7H10BrIO2. The quantitative estimate of drug-likeness (QED) is 0.436. The van der Waals surface area contributed by atoms with Crippen LogP contribution >= 0.6 is 38.5 Å². The van der Waals surface area contributed by atoms with Crippen LogP contribution in [0, 0.1) is 5.92 Å². The normalized spacial score (nSPS) is 32.3. The maximum absolute atomic E-state index is 8.95. The summed E-state index contributed by atoms with van der Waals surface area (Å²) in [5, 5.41) is 17.9. The van der Waals surface area contributed by atoms with Gasteiger partial charge in [0.25, 0.3) is 0 Å². The third-order valence-corrected chi connectivity index (χ3v) is 3.72. The van der Waals surface area contributed by atoms with Crippen molar-refractivity contribution in [2.45, 2.75) is 23.1 Å². The van der Waals surface area contributed by atoms with Crippen LogP contribution in [0.2, 0.25) is 0 Å². The molecule has 0 bridgehead atoms. The first-order chi connectivity index (χ1) is 5.11. The van der Waals surface area contributed by atoms with Crippen molar-refractivity contribution in [3.63, 3.8) is 0 Å². The van der Waals surface area contributed by atoms with Crippen molar-refractivity contribution < 1.29 is 10.2 Å². The number of hydrogen-bond donors (Lipinski definition) is 2. The van der Waals surface area contributed by atoms with Crippen LogP contribution in [0.5, 0.6) is 0 Å². The fraction of sp³-hybridized carbons (Fsp3) is 0.714. The predicted octanol–water partition coefficient (Wildman–Crippen LogP) is 1.79. The van der Waals surface area contributed by atoms with E-state index in [9.17, 15) is 0 Å². The summed E-state index contributed by atoms with van der Waals surface area (Å²) in [5.74, 6) is -0.120. The molecule has 0 spiro atoms. The molecule has 2 nitrogen and oxygen atoms in total. The summed E-state index contributed by atoms with van der Waals surface area (Å²) in [6, 6.07) is 0. The Hall–Kier alpha value is 0.870. The molecule has 0 saturated heterocycles. The number of aliphatic hydroxyl groups excluding tert-OH is 1. The zero-order chi connectivity index (χ0) is 8.43. The number of aliphatic hydroxyl groups is 2. The van der Waals surface area contributed by atoms with Gasteiger partial charge in [-0.2, -0.15) is 0 Å². The molecule has 0 radical (unpaired) electrons. The summed E-state index contributed by atoms with van der Waals surface area (Å²) in [5.41, 5.74) is 0. The molecule has 0 aliphatic heterocycles. The first-order valence-electron chi connectivity index (χ1n) is 3.47. The number of rotatable bonds is 1. The van der Waals surface area contributed by atoms with Gasteiger partial charge in [0.1, 0.15) is 0 Å². The van der Waals surface area contributed by atoms with Crippen molar-refractivity contribution in [3.05, 3.63) is 10.6 Å². The fourth-order valence-electron chi connectivity index (χ4n) is 1.14.